The second kappa shape index (κ2) is 4.67. The molecule has 1 aromatic carbocycles. The molecule has 1 nitrogen and oxygen atoms in total. The average molecular weight is 235 g/mol. The summed E-state index contributed by atoms with van der Waals surface area (Å²) in [6.45, 7) is 6.36. The normalized spacial score (nSPS) is 23.4. The predicted molar refractivity (Wildman–Crippen MR) is 70.8 cm³/mol. The Balaban J connectivity index is 2.17. The van der Waals surface area contributed by atoms with Crippen LogP contribution in [-0.4, -0.2) is 6.04 Å². The van der Waals surface area contributed by atoms with Gasteiger partial charge in [-0.1, -0.05) is 38.8 Å². The Labute approximate surface area is 103 Å². The summed E-state index contributed by atoms with van der Waals surface area (Å²) in [5.41, 5.74) is 1.63. The van der Waals surface area contributed by atoms with Gasteiger partial charge in [0.05, 0.1) is 5.69 Å². The van der Waals surface area contributed by atoms with Crippen LogP contribution in [0.4, 0.5) is 10.1 Å². The molecule has 0 aromatic heterocycles. The molecular weight excluding hydrogens is 213 g/mol. The van der Waals surface area contributed by atoms with E-state index in [0.717, 1.165) is 6.42 Å². The highest BCUT2D eigenvalue weighted by Crippen LogP contribution is 2.37. The summed E-state index contributed by atoms with van der Waals surface area (Å²) in [7, 11) is 0. The van der Waals surface area contributed by atoms with E-state index in [1.165, 1.54) is 19.3 Å². The Morgan fingerprint density at radius 2 is 2.06 bits per heavy atom. The van der Waals surface area contributed by atoms with Gasteiger partial charge in [-0.25, -0.2) is 4.39 Å². The molecule has 2 rings (SSSR count). The third-order valence-electron chi connectivity index (χ3n) is 4.03. The van der Waals surface area contributed by atoms with Crippen molar-refractivity contribution in [3.63, 3.8) is 0 Å². The van der Waals surface area contributed by atoms with Crippen LogP contribution in [0.1, 0.15) is 45.1 Å². The second-order valence-corrected chi connectivity index (χ2v) is 5.87. The monoisotopic (exact) mass is 235 g/mol. The van der Waals surface area contributed by atoms with Gasteiger partial charge in [-0.05, 0) is 36.8 Å². The summed E-state index contributed by atoms with van der Waals surface area (Å²) >= 11 is 0. The first-order chi connectivity index (χ1) is 8.00. The zero-order valence-electron chi connectivity index (χ0n) is 11.0. The molecule has 1 unspecified atom stereocenters. The number of anilines is 1. The zero-order valence-corrected chi connectivity index (χ0v) is 11.0. The summed E-state index contributed by atoms with van der Waals surface area (Å²) in [4.78, 5) is 0. The lowest BCUT2D eigenvalue weighted by Gasteiger charge is -2.39. The molecule has 94 valence electrons. The van der Waals surface area contributed by atoms with Crippen LogP contribution in [0.15, 0.2) is 18.2 Å². The third-order valence-corrected chi connectivity index (χ3v) is 4.03. The highest BCUT2D eigenvalue weighted by Gasteiger charge is 2.32. The topological polar surface area (TPSA) is 12.0 Å². The van der Waals surface area contributed by atoms with Crippen molar-refractivity contribution in [2.45, 2.75) is 52.5 Å². The van der Waals surface area contributed by atoms with Gasteiger partial charge in [0.25, 0.3) is 0 Å². The molecule has 1 N–H and O–H groups in total. The van der Waals surface area contributed by atoms with Gasteiger partial charge in [-0.2, -0.15) is 0 Å². The first kappa shape index (κ1) is 12.4. The average Bonchev–Trinajstić information content (AvgIpc) is 2.27. The first-order valence-electron chi connectivity index (χ1n) is 6.52. The third kappa shape index (κ3) is 2.62. The van der Waals surface area contributed by atoms with Crippen LogP contribution in [0, 0.1) is 18.2 Å². The van der Waals surface area contributed by atoms with Crippen LogP contribution in [0.25, 0.3) is 0 Å². The van der Waals surface area contributed by atoms with Crippen molar-refractivity contribution in [1.82, 2.24) is 0 Å². The van der Waals surface area contributed by atoms with E-state index in [-0.39, 0.29) is 11.2 Å². The van der Waals surface area contributed by atoms with Gasteiger partial charge in [0.2, 0.25) is 0 Å². The van der Waals surface area contributed by atoms with E-state index in [9.17, 15) is 4.39 Å². The van der Waals surface area contributed by atoms with Crippen molar-refractivity contribution in [2.24, 2.45) is 5.41 Å². The number of rotatable bonds is 2. The number of halogens is 1. The van der Waals surface area contributed by atoms with Gasteiger partial charge >= 0.3 is 0 Å². The van der Waals surface area contributed by atoms with Crippen molar-refractivity contribution in [3.8, 4) is 0 Å². The van der Waals surface area contributed by atoms with Crippen LogP contribution in [-0.2, 0) is 0 Å². The number of hydrogen-bond donors (Lipinski definition) is 1. The molecule has 0 bridgehead atoms. The molecule has 2 heteroatoms. The second-order valence-electron chi connectivity index (χ2n) is 5.87. The molecule has 17 heavy (non-hydrogen) atoms. The first-order valence-corrected chi connectivity index (χ1v) is 6.52. The van der Waals surface area contributed by atoms with Gasteiger partial charge in [0.1, 0.15) is 5.82 Å². The maximum absolute atomic E-state index is 13.9. The predicted octanol–water partition coefficient (Wildman–Crippen LogP) is 4.51. The van der Waals surface area contributed by atoms with Crippen molar-refractivity contribution >= 4 is 5.69 Å². The van der Waals surface area contributed by atoms with E-state index >= 15 is 0 Å². The number of hydrogen-bond acceptors (Lipinski definition) is 1. The molecule has 0 aliphatic heterocycles. The van der Waals surface area contributed by atoms with Gasteiger partial charge < -0.3 is 5.32 Å². The summed E-state index contributed by atoms with van der Waals surface area (Å²) in [6, 6.07) is 5.95. The summed E-state index contributed by atoms with van der Waals surface area (Å²) in [6.07, 6.45) is 4.90. The molecule has 0 heterocycles. The zero-order chi connectivity index (χ0) is 12.5. The standard InChI is InChI=1S/C15H22FN/c1-11-7-6-8-12(14(11)16)17-13-9-4-5-10-15(13,2)3/h6-8,13,17H,4-5,9-10H2,1-3H3. The van der Waals surface area contributed by atoms with E-state index in [1.807, 2.05) is 25.1 Å². The maximum Gasteiger partial charge on any atom is 0.149 e. The number of benzene rings is 1. The minimum Gasteiger partial charge on any atom is -0.379 e. The molecule has 0 spiro atoms. The molecule has 1 aliphatic carbocycles. The Bertz CT molecular complexity index is 398. The molecule has 1 aliphatic rings. The fourth-order valence-corrected chi connectivity index (χ4v) is 2.71. The van der Waals surface area contributed by atoms with Crippen LogP contribution in [0.3, 0.4) is 0 Å². The summed E-state index contributed by atoms with van der Waals surface area (Å²) in [5.74, 6) is -0.103. The molecule has 1 aromatic rings. The minimum absolute atomic E-state index is 0.103. The smallest absolute Gasteiger partial charge is 0.149 e. The van der Waals surface area contributed by atoms with E-state index in [4.69, 9.17) is 0 Å². The van der Waals surface area contributed by atoms with E-state index in [2.05, 4.69) is 19.2 Å². The Hall–Kier alpha value is -1.05. The van der Waals surface area contributed by atoms with Crippen molar-refractivity contribution in [1.29, 1.82) is 0 Å². The van der Waals surface area contributed by atoms with E-state index in [1.54, 1.807) is 0 Å². The fourth-order valence-electron chi connectivity index (χ4n) is 2.71. The fraction of sp³-hybridized carbons (Fsp3) is 0.600. The van der Waals surface area contributed by atoms with Crippen LogP contribution in [0.5, 0.6) is 0 Å². The molecule has 0 amide bonds. The van der Waals surface area contributed by atoms with Crippen molar-refractivity contribution < 1.29 is 4.39 Å². The molecule has 0 radical (unpaired) electrons. The minimum atomic E-state index is -0.103. The molecular formula is C15H22FN. The van der Waals surface area contributed by atoms with Crippen LogP contribution >= 0.6 is 0 Å². The largest absolute Gasteiger partial charge is 0.379 e. The summed E-state index contributed by atoms with van der Waals surface area (Å²) in [5, 5.41) is 3.41. The van der Waals surface area contributed by atoms with E-state index < -0.39 is 0 Å². The van der Waals surface area contributed by atoms with Crippen molar-refractivity contribution in [2.75, 3.05) is 5.32 Å². The highest BCUT2D eigenvalue weighted by atomic mass is 19.1. The molecule has 1 atom stereocenters. The Morgan fingerprint density at radius 1 is 1.29 bits per heavy atom. The maximum atomic E-state index is 13.9. The van der Waals surface area contributed by atoms with Gasteiger partial charge in [-0.3, -0.25) is 0 Å². The van der Waals surface area contributed by atoms with Crippen LogP contribution in [0.2, 0.25) is 0 Å². The number of nitrogens with one attached hydrogen (secondary N) is 1. The highest BCUT2D eigenvalue weighted by molar-refractivity contribution is 5.48. The molecule has 1 fully saturated rings. The Kier molecular flexibility index (Phi) is 3.41. The quantitative estimate of drug-likeness (QED) is 0.795. The van der Waals surface area contributed by atoms with Gasteiger partial charge in [0.15, 0.2) is 0 Å². The van der Waals surface area contributed by atoms with Gasteiger partial charge in [-0.15, -0.1) is 0 Å². The SMILES string of the molecule is Cc1cccc(NC2CCCCC2(C)C)c1F. The molecule has 0 saturated heterocycles. The number of aryl methyl sites for hydroxylation is 1. The van der Waals surface area contributed by atoms with Gasteiger partial charge in [0, 0.05) is 6.04 Å². The van der Waals surface area contributed by atoms with Crippen molar-refractivity contribution in [3.05, 3.63) is 29.6 Å². The van der Waals surface area contributed by atoms with E-state index in [0.29, 0.717) is 17.3 Å². The summed E-state index contributed by atoms with van der Waals surface area (Å²) < 4.78 is 13.9. The molecule has 1 saturated carbocycles. The Morgan fingerprint density at radius 3 is 2.76 bits per heavy atom. The lowest BCUT2D eigenvalue weighted by atomic mass is 9.73. The lowest BCUT2D eigenvalue weighted by molar-refractivity contribution is 0.216. The van der Waals surface area contributed by atoms with Crippen LogP contribution < -0.4 is 5.32 Å². The lowest BCUT2D eigenvalue weighted by Crippen LogP contribution is -2.39.